The zero-order valence-corrected chi connectivity index (χ0v) is 16.1. The van der Waals surface area contributed by atoms with Crippen molar-refractivity contribution in [3.05, 3.63) is 46.8 Å². The fraction of sp³-hybridized carbons (Fsp3) is 0.500. The van der Waals surface area contributed by atoms with Gasteiger partial charge >= 0.3 is 5.97 Å². The molecule has 1 aromatic carbocycles. The maximum atomic E-state index is 13.4. The Bertz CT molecular complexity index is 979. The highest BCUT2D eigenvalue weighted by atomic mass is 16.4. The fourth-order valence-electron chi connectivity index (χ4n) is 5.55. The molecule has 2 aliphatic carbocycles. The Balaban J connectivity index is 1.51. The third kappa shape index (κ3) is 2.36. The Morgan fingerprint density at radius 3 is 2.79 bits per heavy atom. The van der Waals surface area contributed by atoms with E-state index in [1.54, 1.807) is 4.90 Å². The minimum Gasteiger partial charge on any atom is -0.481 e. The molecule has 1 amide bonds. The van der Waals surface area contributed by atoms with Gasteiger partial charge in [-0.1, -0.05) is 24.6 Å². The number of aromatic nitrogens is 2. The number of amides is 1. The molecule has 1 N–H and O–H groups in total. The molecule has 2 aromatic rings. The molecule has 6 nitrogen and oxygen atoms in total. The molecule has 3 aliphatic rings. The van der Waals surface area contributed by atoms with Crippen LogP contribution >= 0.6 is 0 Å². The lowest BCUT2D eigenvalue weighted by Crippen LogP contribution is -2.37. The van der Waals surface area contributed by atoms with Crippen LogP contribution in [-0.2, 0) is 17.6 Å². The largest absolute Gasteiger partial charge is 0.481 e. The lowest BCUT2D eigenvalue weighted by molar-refractivity contribution is -0.149. The molecule has 0 unspecified atom stereocenters. The topological polar surface area (TPSA) is 75.4 Å². The van der Waals surface area contributed by atoms with Crippen molar-refractivity contribution in [2.24, 2.45) is 11.3 Å². The van der Waals surface area contributed by atoms with Gasteiger partial charge in [0.25, 0.3) is 5.91 Å². The molecule has 0 spiro atoms. The molecule has 1 aromatic heterocycles. The number of carbonyl (C=O) groups excluding carboxylic acids is 1. The highest BCUT2D eigenvalue weighted by Crippen LogP contribution is 2.49. The van der Waals surface area contributed by atoms with Crippen molar-refractivity contribution in [1.82, 2.24) is 14.7 Å². The molecule has 146 valence electrons. The van der Waals surface area contributed by atoms with Gasteiger partial charge in [-0.05, 0) is 56.6 Å². The lowest BCUT2D eigenvalue weighted by atomic mass is 9.81. The second kappa shape index (κ2) is 6.19. The molecular formula is C22H25N3O3. The first-order valence-corrected chi connectivity index (χ1v) is 10.2. The molecule has 1 aliphatic heterocycles. The summed E-state index contributed by atoms with van der Waals surface area (Å²) < 4.78 is 1.94. The number of aliphatic carboxylic acids is 1. The number of hydrogen-bond acceptors (Lipinski definition) is 3. The number of fused-ring (bicyclic) bond motifs is 2. The Labute approximate surface area is 164 Å². The van der Waals surface area contributed by atoms with Crippen LogP contribution in [0.4, 0.5) is 0 Å². The Kier molecular flexibility index (Phi) is 3.86. The fourth-order valence-corrected chi connectivity index (χ4v) is 5.55. The Hall–Kier alpha value is -2.63. The highest BCUT2D eigenvalue weighted by molar-refractivity contribution is 5.95. The maximum Gasteiger partial charge on any atom is 0.311 e. The standard InChI is InChI=1S/C22H25N3O3/c1-14-6-2-3-9-17(14)25-18-10-4-8-16(18)19(23-25)20(26)24-12-15-7-5-11-22(15,13-24)21(27)28/h2-3,6,9,15H,4-5,7-8,10-13H2,1H3,(H,27,28)/t15-,22+/m0/s1. The van der Waals surface area contributed by atoms with E-state index in [4.69, 9.17) is 5.10 Å². The summed E-state index contributed by atoms with van der Waals surface area (Å²) >= 11 is 0. The van der Waals surface area contributed by atoms with Crippen LogP contribution in [0.5, 0.6) is 0 Å². The third-order valence-electron chi connectivity index (χ3n) is 7.06. The van der Waals surface area contributed by atoms with Crippen LogP contribution in [0.2, 0.25) is 0 Å². The summed E-state index contributed by atoms with van der Waals surface area (Å²) in [7, 11) is 0. The van der Waals surface area contributed by atoms with Gasteiger partial charge in [0.15, 0.2) is 5.69 Å². The molecule has 5 rings (SSSR count). The number of carboxylic acids is 1. The first-order chi connectivity index (χ1) is 13.5. The van der Waals surface area contributed by atoms with Crippen LogP contribution in [-0.4, -0.2) is 44.8 Å². The summed E-state index contributed by atoms with van der Waals surface area (Å²) in [6.07, 6.45) is 5.32. The van der Waals surface area contributed by atoms with Gasteiger partial charge in [-0.2, -0.15) is 5.10 Å². The first-order valence-electron chi connectivity index (χ1n) is 10.2. The maximum absolute atomic E-state index is 13.4. The van der Waals surface area contributed by atoms with Gasteiger partial charge in [-0.3, -0.25) is 9.59 Å². The number of benzene rings is 1. The van der Waals surface area contributed by atoms with E-state index < -0.39 is 11.4 Å². The van der Waals surface area contributed by atoms with Crippen molar-refractivity contribution in [3.63, 3.8) is 0 Å². The third-order valence-corrected chi connectivity index (χ3v) is 7.06. The average Bonchev–Trinajstić information content (AvgIpc) is 3.41. The van der Waals surface area contributed by atoms with Gasteiger partial charge in [-0.15, -0.1) is 0 Å². The van der Waals surface area contributed by atoms with E-state index in [9.17, 15) is 14.7 Å². The zero-order valence-electron chi connectivity index (χ0n) is 16.1. The summed E-state index contributed by atoms with van der Waals surface area (Å²) in [6.45, 7) is 2.91. The van der Waals surface area contributed by atoms with Crippen LogP contribution in [0.1, 0.15) is 53.0 Å². The van der Waals surface area contributed by atoms with E-state index in [1.807, 2.05) is 22.9 Å². The average molecular weight is 379 g/mol. The van der Waals surface area contributed by atoms with Gasteiger partial charge in [0.2, 0.25) is 0 Å². The van der Waals surface area contributed by atoms with Crippen LogP contribution < -0.4 is 0 Å². The normalized spacial score (nSPS) is 25.8. The van der Waals surface area contributed by atoms with Crippen molar-refractivity contribution in [1.29, 1.82) is 0 Å². The van der Waals surface area contributed by atoms with Crippen molar-refractivity contribution in [2.75, 3.05) is 13.1 Å². The number of likely N-dealkylation sites (tertiary alicyclic amines) is 1. The van der Waals surface area contributed by atoms with Gasteiger partial charge in [0.1, 0.15) is 0 Å². The highest BCUT2D eigenvalue weighted by Gasteiger charge is 2.56. The van der Waals surface area contributed by atoms with Gasteiger partial charge in [0.05, 0.1) is 11.1 Å². The number of hydrogen-bond donors (Lipinski definition) is 1. The lowest BCUT2D eigenvalue weighted by Gasteiger charge is -2.23. The zero-order chi connectivity index (χ0) is 19.5. The van der Waals surface area contributed by atoms with E-state index in [1.165, 1.54) is 0 Å². The van der Waals surface area contributed by atoms with Crippen LogP contribution in [0.3, 0.4) is 0 Å². The summed E-state index contributed by atoms with van der Waals surface area (Å²) in [6, 6.07) is 8.08. The number of carbonyl (C=O) groups is 2. The minimum atomic E-state index is -0.753. The van der Waals surface area contributed by atoms with Crippen molar-refractivity contribution in [3.8, 4) is 5.69 Å². The van der Waals surface area contributed by atoms with Crippen molar-refractivity contribution in [2.45, 2.75) is 45.4 Å². The van der Waals surface area contributed by atoms with E-state index in [-0.39, 0.29) is 11.8 Å². The first kappa shape index (κ1) is 17.5. The quantitative estimate of drug-likeness (QED) is 0.890. The predicted molar refractivity (Wildman–Crippen MR) is 104 cm³/mol. The molecule has 0 radical (unpaired) electrons. The summed E-state index contributed by atoms with van der Waals surface area (Å²) in [5.41, 5.74) is 4.09. The molecule has 1 saturated heterocycles. The second-order valence-corrected chi connectivity index (χ2v) is 8.56. The molecule has 6 heteroatoms. The smallest absolute Gasteiger partial charge is 0.311 e. The number of rotatable bonds is 3. The SMILES string of the molecule is Cc1ccccc1-n1nc(C(=O)N2C[C@@H]3CCC[C@@]3(C(=O)O)C2)c2c1CCC2. The number of para-hydroxylation sites is 1. The second-order valence-electron chi connectivity index (χ2n) is 8.56. The molecule has 28 heavy (non-hydrogen) atoms. The molecule has 2 heterocycles. The Morgan fingerprint density at radius 2 is 2.04 bits per heavy atom. The number of nitrogens with zero attached hydrogens (tertiary/aromatic N) is 3. The molecule has 2 atom stereocenters. The van der Waals surface area contributed by atoms with Gasteiger partial charge in [0, 0.05) is 24.3 Å². The van der Waals surface area contributed by atoms with Gasteiger partial charge < -0.3 is 10.0 Å². The molecule has 2 fully saturated rings. The molecule has 1 saturated carbocycles. The van der Waals surface area contributed by atoms with E-state index in [2.05, 4.69) is 13.0 Å². The van der Waals surface area contributed by atoms with Crippen LogP contribution in [0.25, 0.3) is 5.69 Å². The summed E-state index contributed by atoms with van der Waals surface area (Å²) in [5, 5.41) is 14.6. The molecule has 0 bridgehead atoms. The minimum absolute atomic E-state index is 0.0699. The molecular weight excluding hydrogens is 354 g/mol. The predicted octanol–water partition coefficient (Wildman–Crippen LogP) is 3.00. The van der Waals surface area contributed by atoms with Crippen LogP contribution in [0.15, 0.2) is 24.3 Å². The van der Waals surface area contributed by atoms with E-state index in [0.717, 1.165) is 54.6 Å². The number of carboxylic acid groups (broad SMARTS) is 1. The van der Waals surface area contributed by atoms with E-state index >= 15 is 0 Å². The monoisotopic (exact) mass is 379 g/mol. The van der Waals surface area contributed by atoms with Crippen molar-refractivity contribution < 1.29 is 14.7 Å². The summed E-state index contributed by atoms with van der Waals surface area (Å²) in [5.74, 6) is -0.776. The van der Waals surface area contributed by atoms with E-state index in [0.29, 0.717) is 25.2 Å². The van der Waals surface area contributed by atoms with Crippen molar-refractivity contribution >= 4 is 11.9 Å². The van der Waals surface area contributed by atoms with Gasteiger partial charge in [-0.25, -0.2) is 4.68 Å². The summed E-state index contributed by atoms with van der Waals surface area (Å²) in [4.78, 5) is 27.1. The number of aryl methyl sites for hydroxylation is 1. The van der Waals surface area contributed by atoms with Crippen LogP contribution in [0, 0.1) is 18.3 Å². The Morgan fingerprint density at radius 1 is 1.21 bits per heavy atom.